The molecule has 2 nitrogen and oxygen atoms in total. The number of Topliss-reactive ketones (excluding diaryl/α,β-unsaturated/α-hetero) is 1. The van der Waals surface area contributed by atoms with Gasteiger partial charge in [-0.05, 0) is 18.9 Å². The van der Waals surface area contributed by atoms with Gasteiger partial charge in [0.1, 0.15) is 0 Å². The van der Waals surface area contributed by atoms with E-state index >= 15 is 0 Å². The molecule has 0 spiro atoms. The van der Waals surface area contributed by atoms with E-state index in [4.69, 9.17) is 5.73 Å². The zero-order valence-electron chi connectivity index (χ0n) is 6.68. The van der Waals surface area contributed by atoms with Crippen LogP contribution in [-0.2, 0) is 4.79 Å². The minimum Gasteiger partial charge on any atom is -0.327 e. The van der Waals surface area contributed by atoms with E-state index in [0.29, 0.717) is 12.0 Å². The maximum absolute atomic E-state index is 10.9. The van der Waals surface area contributed by atoms with Crippen LogP contribution in [-0.4, -0.2) is 11.8 Å². The molecule has 0 rings (SSSR count). The van der Waals surface area contributed by atoms with E-state index in [1.807, 2.05) is 6.92 Å². The lowest BCUT2D eigenvalue weighted by Crippen LogP contribution is -2.22. The van der Waals surface area contributed by atoms with Crippen molar-refractivity contribution in [2.75, 3.05) is 0 Å². The third-order valence-corrected chi connectivity index (χ3v) is 1.45. The minimum atomic E-state index is 0.00389. The Morgan fingerprint density at radius 1 is 1.70 bits per heavy atom. The SMILES string of the molecule is C=C(C)C(=O)CC(N)CC. The Balaban J connectivity index is 3.68. The maximum atomic E-state index is 10.9. The van der Waals surface area contributed by atoms with E-state index in [1.54, 1.807) is 6.92 Å². The molecule has 58 valence electrons. The minimum absolute atomic E-state index is 0.00389. The molecular formula is C8H15NO. The number of allylic oxidation sites excluding steroid dienone is 1. The van der Waals surface area contributed by atoms with Crippen molar-refractivity contribution < 1.29 is 4.79 Å². The third-order valence-electron chi connectivity index (χ3n) is 1.45. The highest BCUT2D eigenvalue weighted by Crippen LogP contribution is 2.00. The van der Waals surface area contributed by atoms with E-state index in [-0.39, 0.29) is 11.8 Å². The molecule has 10 heavy (non-hydrogen) atoms. The molecule has 0 bridgehead atoms. The highest BCUT2D eigenvalue weighted by Gasteiger charge is 2.06. The van der Waals surface area contributed by atoms with Gasteiger partial charge in [0.25, 0.3) is 0 Å². The fourth-order valence-corrected chi connectivity index (χ4v) is 0.557. The summed E-state index contributed by atoms with van der Waals surface area (Å²) in [6, 6.07) is 0.00389. The predicted octanol–water partition coefficient (Wildman–Crippen LogP) is 1.26. The monoisotopic (exact) mass is 141 g/mol. The Labute approximate surface area is 62.1 Å². The average Bonchev–Trinajstić information content (AvgIpc) is 1.87. The molecule has 0 fully saturated rings. The van der Waals surface area contributed by atoms with E-state index < -0.39 is 0 Å². The molecule has 0 aromatic heterocycles. The van der Waals surface area contributed by atoms with Gasteiger partial charge in [-0.2, -0.15) is 0 Å². The zero-order valence-corrected chi connectivity index (χ0v) is 6.68. The van der Waals surface area contributed by atoms with E-state index in [0.717, 1.165) is 6.42 Å². The van der Waals surface area contributed by atoms with Gasteiger partial charge in [-0.25, -0.2) is 0 Å². The molecule has 0 aromatic rings. The summed E-state index contributed by atoms with van der Waals surface area (Å²) in [5.41, 5.74) is 6.15. The summed E-state index contributed by atoms with van der Waals surface area (Å²) in [6.45, 7) is 7.22. The van der Waals surface area contributed by atoms with Crippen LogP contribution in [0.3, 0.4) is 0 Å². The molecule has 0 aliphatic rings. The molecule has 1 unspecified atom stereocenters. The molecule has 0 aliphatic heterocycles. The first kappa shape index (κ1) is 9.37. The second-order valence-electron chi connectivity index (χ2n) is 2.58. The Kier molecular flexibility index (Phi) is 3.96. The number of rotatable bonds is 4. The first-order valence-corrected chi connectivity index (χ1v) is 3.52. The highest BCUT2D eigenvalue weighted by atomic mass is 16.1. The molecule has 1 atom stereocenters. The Morgan fingerprint density at radius 3 is 2.50 bits per heavy atom. The summed E-state index contributed by atoms with van der Waals surface area (Å²) in [5, 5.41) is 0. The normalized spacial score (nSPS) is 12.7. The lowest BCUT2D eigenvalue weighted by Gasteiger charge is -2.05. The average molecular weight is 141 g/mol. The van der Waals surface area contributed by atoms with Crippen LogP contribution >= 0.6 is 0 Å². The number of hydrogen-bond acceptors (Lipinski definition) is 2. The van der Waals surface area contributed by atoms with Crippen LogP contribution in [0.4, 0.5) is 0 Å². The summed E-state index contributed by atoms with van der Waals surface area (Å²) in [5.74, 6) is 0.0781. The summed E-state index contributed by atoms with van der Waals surface area (Å²) < 4.78 is 0. The van der Waals surface area contributed by atoms with Gasteiger partial charge in [0.05, 0.1) is 0 Å². The fraction of sp³-hybridized carbons (Fsp3) is 0.625. The van der Waals surface area contributed by atoms with E-state index in [1.165, 1.54) is 0 Å². The standard InChI is InChI=1S/C8H15NO/c1-4-7(9)5-8(10)6(2)3/h7H,2,4-5,9H2,1,3H3. The van der Waals surface area contributed by atoms with Crippen LogP contribution in [0.5, 0.6) is 0 Å². The lowest BCUT2D eigenvalue weighted by atomic mass is 10.1. The van der Waals surface area contributed by atoms with Crippen molar-refractivity contribution in [3.8, 4) is 0 Å². The second-order valence-corrected chi connectivity index (χ2v) is 2.58. The number of carbonyl (C=O) groups is 1. The summed E-state index contributed by atoms with van der Waals surface area (Å²) in [7, 11) is 0. The molecule has 0 radical (unpaired) electrons. The van der Waals surface area contributed by atoms with Crippen LogP contribution in [0.1, 0.15) is 26.7 Å². The van der Waals surface area contributed by atoms with Crippen LogP contribution in [0.2, 0.25) is 0 Å². The predicted molar refractivity (Wildman–Crippen MR) is 42.7 cm³/mol. The number of nitrogens with two attached hydrogens (primary N) is 1. The Morgan fingerprint density at radius 2 is 2.20 bits per heavy atom. The van der Waals surface area contributed by atoms with Crippen LogP contribution in [0.15, 0.2) is 12.2 Å². The molecule has 2 N–H and O–H groups in total. The van der Waals surface area contributed by atoms with Gasteiger partial charge in [-0.15, -0.1) is 0 Å². The zero-order chi connectivity index (χ0) is 8.15. The van der Waals surface area contributed by atoms with E-state index in [9.17, 15) is 4.79 Å². The number of carbonyl (C=O) groups excluding carboxylic acids is 1. The van der Waals surface area contributed by atoms with Gasteiger partial charge in [-0.1, -0.05) is 13.5 Å². The van der Waals surface area contributed by atoms with Gasteiger partial charge in [0.2, 0.25) is 0 Å². The molecule has 0 aromatic carbocycles. The Hall–Kier alpha value is -0.630. The fourth-order valence-electron chi connectivity index (χ4n) is 0.557. The third kappa shape index (κ3) is 3.41. The molecule has 2 heteroatoms. The van der Waals surface area contributed by atoms with Gasteiger partial charge in [0.15, 0.2) is 5.78 Å². The lowest BCUT2D eigenvalue weighted by molar-refractivity contribution is -0.115. The van der Waals surface area contributed by atoms with Crippen molar-refractivity contribution in [1.82, 2.24) is 0 Å². The van der Waals surface area contributed by atoms with Crippen molar-refractivity contribution in [1.29, 1.82) is 0 Å². The van der Waals surface area contributed by atoms with Crippen LogP contribution in [0, 0.1) is 0 Å². The van der Waals surface area contributed by atoms with Crippen molar-refractivity contribution in [2.24, 2.45) is 5.73 Å². The van der Waals surface area contributed by atoms with Crippen LogP contribution < -0.4 is 5.73 Å². The van der Waals surface area contributed by atoms with Crippen LogP contribution in [0.25, 0.3) is 0 Å². The van der Waals surface area contributed by atoms with E-state index in [2.05, 4.69) is 6.58 Å². The summed E-state index contributed by atoms with van der Waals surface area (Å²) >= 11 is 0. The molecule has 0 heterocycles. The van der Waals surface area contributed by atoms with Crippen molar-refractivity contribution in [2.45, 2.75) is 32.7 Å². The number of ketones is 1. The van der Waals surface area contributed by atoms with Crippen molar-refractivity contribution in [3.05, 3.63) is 12.2 Å². The summed E-state index contributed by atoms with van der Waals surface area (Å²) in [4.78, 5) is 10.9. The Bertz CT molecular complexity index is 140. The molecule has 0 aliphatic carbocycles. The highest BCUT2D eigenvalue weighted by molar-refractivity contribution is 5.94. The van der Waals surface area contributed by atoms with Gasteiger partial charge >= 0.3 is 0 Å². The quantitative estimate of drug-likeness (QED) is 0.599. The smallest absolute Gasteiger partial charge is 0.159 e. The van der Waals surface area contributed by atoms with Gasteiger partial charge in [0, 0.05) is 12.5 Å². The largest absolute Gasteiger partial charge is 0.327 e. The van der Waals surface area contributed by atoms with Crippen molar-refractivity contribution >= 4 is 5.78 Å². The first-order chi connectivity index (χ1) is 4.57. The first-order valence-electron chi connectivity index (χ1n) is 3.52. The molecular weight excluding hydrogens is 126 g/mol. The molecule has 0 saturated carbocycles. The summed E-state index contributed by atoms with van der Waals surface area (Å²) in [6.07, 6.45) is 1.28. The maximum Gasteiger partial charge on any atom is 0.159 e. The number of hydrogen-bond donors (Lipinski definition) is 1. The topological polar surface area (TPSA) is 43.1 Å². The second kappa shape index (κ2) is 4.23. The molecule has 0 amide bonds. The molecule has 0 saturated heterocycles. The van der Waals surface area contributed by atoms with Gasteiger partial charge < -0.3 is 5.73 Å². The van der Waals surface area contributed by atoms with Gasteiger partial charge in [-0.3, -0.25) is 4.79 Å². The van der Waals surface area contributed by atoms with Crippen molar-refractivity contribution in [3.63, 3.8) is 0 Å².